The lowest BCUT2D eigenvalue weighted by molar-refractivity contribution is 0.300. The largest absolute Gasteiger partial charge is 0.489 e. The van der Waals surface area contributed by atoms with Crippen molar-refractivity contribution in [3.63, 3.8) is 0 Å². The molecule has 4 heteroatoms. The molecular formula is C8H7FINO. The van der Waals surface area contributed by atoms with Crippen molar-refractivity contribution in [1.29, 1.82) is 0 Å². The van der Waals surface area contributed by atoms with Gasteiger partial charge in [0.15, 0.2) is 0 Å². The number of ether oxygens (including phenoxy) is 1. The van der Waals surface area contributed by atoms with Gasteiger partial charge in [-0.2, -0.15) is 4.39 Å². The van der Waals surface area contributed by atoms with Gasteiger partial charge in [-0.05, 0) is 41.5 Å². The summed E-state index contributed by atoms with van der Waals surface area (Å²) in [6, 6.07) is 1.67. The molecule has 0 aromatic carbocycles. The minimum Gasteiger partial charge on any atom is -0.489 e. The molecule has 0 N–H and O–H groups in total. The molecule has 0 spiro atoms. The molecule has 1 aliphatic carbocycles. The summed E-state index contributed by atoms with van der Waals surface area (Å²) in [5, 5.41) is 0. The quantitative estimate of drug-likeness (QED) is 0.612. The predicted octanol–water partition coefficient (Wildman–Crippen LogP) is 2.37. The molecule has 0 unspecified atom stereocenters. The first-order chi connectivity index (χ1) is 5.75. The molecule has 0 atom stereocenters. The highest BCUT2D eigenvalue weighted by molar-refractivity contribution is 14.1. The van der Waals surface area contributed by atoms with Gasteiger partial charge in [-0.15, -0.1) is 0 Å². The Kier molecular flexibility index (Phi) is 2.16. The summed E-state index contributed by atoms with van der Waals surface area (Å²) in [6.45, 7) is 0. The predicted molar refractivity (Wildman–Crippen MR) is 50.6 cm³/mol. The number of halogens is 2. The average molecular weight is 279 g/mol. The first-order valence-electron chi connectivity index (χ1n) is 3.73. The summed E-state index contributed by atoms with van der Waals surface area (Å²) in [6.07, 6.45) is 3.98. The Hall–Kier alpha value is -0.390. The maximum Gasteiger partial charge on any atom is 0.226 e. The van der Waals surface area contributed by atoms with Crippen molar-refractivity contribution in [1.82, 2.24) is 4.98 Å². The highest BCUT2D eigenvalue weighted by Crippen LogP contribution is 2.27. The van der Waals surface area contributed by atoms with Crippen molar-refractivity contribution < 1.29 is 9.13 Å². The van der Waals surface area contributed by atoms with E-state index in [1.807, 2.05) is 22.6 Å². The van der Waals surface area contributed by atoms with Crippen LogP contribution >= 0.6 is 22.6 Å². The van der Waals surface area contributed by atoms with E-state index in [0.29, 0.717) is 15.4 Å². The molecule has 1 heterocycles. The van der Waals surface area contributed by atoms with Crippen molar-refractivity contribution >= 4 is 22.6 Å². The normalized spacial score (nSPS) is 16.2. The first kappa shape index (κ1) is 8.22. The number of nitrogens with zero attached hydrogens (tertiary/aromatic N) is 1. The molecule has 2 rings (SSSR count). The summed E-state index contributed by atoms with van der Waals surface area (Å²) in [5.74, 6) is 0.238. The van der Waals surface area contributed by atoms with Crippen LogP contribution in [-0.4, -0.2) is 11.1 Å². The molecule has 1 fully saturated rings. The van der Waals surface area contributed by atoms with E-state index in [4.69, 9.17) is 4.74 Å². The number of rotatable bonds is 2. The van der Waals surface area contributed by atoms with Crippen LogP contribution in [0.3, 0.4) is 0 Å². The van der Waals surface area contributed by atoms with Crippen molar-refractivity contribution in [3.05, 3.63) is 21.8 Å². The van der Waals surface area contributed by atoms with Crippen molar-refractivity contribution in [2.24, 2.45) is 0 Å². The Labute approximate surface area is 83.3 Å². The van der Waals surface area contributed by atoms with Gasteiger partial charge in [0.05, 0.1) is 15.9 Å². The second-order valence-corrected chi connectivity index (χ2v) is 3.92. The summed E-state index contributed by atoms with van der Waals surface area (Å²) >= 11 is 1.90. The zero-order valence-electron chi connectivity index (χ0n) is 6.26. The number of hydrogen-bond donors (Lipinski definition) is 0. The zero-order valence-corrected chi connectivity index (χ0v) is 8.42. The van der Waals surface area contributed by atoms with Gasteiger partial charge in [-0.1, -0.05) is 0 Å². The Morgan fingerprint density at radius 1 is 1.58 bits per heavy atom. The Bertz CT molecular complexity index is 301. The molecule has 12 heavy (non-hydrogen) atoms. The zero-order chi connectivity index (χ0) is 8.55. The molecule has 64 valence electrons. The lowest BCUT2D eigenvalue weighted by Gasteiger charge is -2.03. The van der Waals surface area contributed by atoms with E-state index in [-0.39, 0.29) is 0 Å². The van der Waals surface area contributed by atoms with Crippen LogP contribution in [0.1, 0.15) is 12.8 Å². The van der Waals surface area contributed by atoms with Crippen LogP contribution in [0, 0.1) is 9.52 Å². The number of pyridine rings is 1. The lowest BCUT2D eigenvalue weighted by atomic mass is 10.4. The maximum absolute atomic E-state index is 12.7. The van der Waals surface area contributed by atoms with E-state index >= 15 is 0 Å². The van der Waals surface area contributed by atoms with Crippen LogP contribution in [0.4, 0.5) is 4.39 Å². The van der Waals surface area contributed by atoms with Crippen LogP contribution in [0.5, 0.6) is 5.75 Å². The minimum absolute atomic E-state index is 0.341. The highest BCUT2D eigenvalue weighted by atomic mass is 127. The molecule has 0 radical (unpaired) electrons. The fraction of sp³-hybridized carbons (Fsp3) is 0.375. The fourth-order valence-electron chi connectivity index (χ4n) is 0.846. The van der Waals surface area contributed by atoms with Gasteiger partial charge < -0.3 is 4.74 Å². The monoisotopic (exact) mass is 279 g/mol. The van der Waals surface area contributed by atoms with Gasteiger partial charge in [0.25, 0.3) is 0 Å². The Morgan fingerprint density at radius 3 is 2.92 bits per heavy atom. The summed E-state index contributed by atoms with van der Waals surface area (Å²) in [5.41, 5.74) is 0. The van der Waals surface area contributed by atoms with Gasteiger partial charge in [-0.25, -0.2) is 4.98 Å². The summed E-state index contributed by atoms with van der Waals surface area (Å²) in [7, 11) is 0. The van der Waals surface area contributed by atoms with Crippen molar-refractivity contribution in [3.8, 4) is 5.75 Å². The second-order valence-electron chi connectivity index (χ2n) is 2.76. The van der Waals surface area contributed by atoms with Gasteiger partial charge >= 0.3 is 0 Å². The third-order valence-corrected chi connectivity index (χ3v) is 2.35. The molecule has 0 bridgehead atoms. The van der Waals surface area contributed by atoms with Crippen LogP contribution in [0.2, 0.25) is 0 Å². The minimum atomic E-state index is -0.432. The third-order valence-electron chi connectivity index (χ3n) is 1.60. The number of aromatic nitrogens is 1. The molecule has 2 nitrogen and oxygen atoms in total. The molecule has 0 aliphatic heterocycles. The fourth-order valence-corrected chi connectivity index (χ4v) is 1.29. The molecule has 1 saturated carbocycles. The second kappa shape index (κ2) is 3.16. The summed E-state index contributed by atoms with van der Waals surface area (Å²) in [4.78, 5) is 3.56. The molecule has 1 aromatic heterocycles. The van der Waals surface area contributed by atoms with Crippen molar-refractivity contribution in [2.45, 2.75) is 18.9 Å². The molecular weight excluding hydrogens is 272 g/mol. The topological polar surface area (TPSA) is 22.1 Å². The van der Waals surface area contributed by atoms with E-state index in [0.717, 1.165) is 12.8 Å². The van der Waals surface area contributed by atoms with Crippen LogP contribution in [0.15, 0.2) is 12.3 Å². The Morgan fingerprint density at radius 2 is 2.33 bits per heavy atom. The van der Waals surface area contributed by atoms with Crippen LogP contribution < -0.4 is 4.74 Å². The third kappa shape index (κ3) is 1.85. The molecule has 1 aromatic rings. The molecule has 0 saturated heterocycles. The number of hydrogen-bond acceptors (Lipinski definition) is 2. The van der Waals surface area contributed by atoms with E-state index in [1.165, 1.54) is 6.20 Å². The SMILES string of the molecule is Fc1ncc(OC2CC2)cc1I. The van der Waals surface area contributed by atoms with Crippen LogP contribution in [0.25, 0.3) is 0 Å². The van der Waals surface area contributed by atoms with Gasteiger partial charge in [0.1, 0.15) is 5.75 Å². The van der Waals surface area contributed by atoms with E-state index in [1.54, 1.807) is 6.07 Å². The lowest BCUT2D eigenvalue weighted by Crippen LogP contribution is -1.98. The van der Waals surface area contributed by atoms with Crippen molar-refractivity contribution in [2.75, 3.05) is 0 Å². The van der Waals surface area contributed by atoms with Gasteiger partial charge in [0, 0.05) is 0 Å². The van der Waals surface area contributed by atoms with Gasteiger partial charge in [0.2, 0.25) is 5.95 Å². The van der Waals surface area contributed by atoms with E-state index in [9.17, 15) is 4.39 Å². The molecule has 1 aliphatic rings. The van der Waals surface area contributed by atoms with Gasteiger partial charge in [-0.3, -0.25) is 0 Å². The Balaban J connectivity index is 2.15. The molecule has 0 amide bonds. The average Bonchev–Trinajstić information content (AvgIpc) is 2.81. The van der Waals surface area contributed by atoms with Crippen LogP contribution in [-0.2, 0) is 0 Å². The first-order valence-corrected chi connectivity index (χ1v) is 4.81. The highest BCUT2D eigenvalue weighted by Gasteiger charge is 2.23. The maximum atomic E-state index is 12.7. The summed E-state index contributed by atoms with van der Waals surface area (Å²) < 4.78 is 18.6. The standard InChI is InChI=1S/C8H7FINO/c9-8-7(10)3-6(4-11-8)12-5-1-2-5/h3-5H,1-2H2. The van der Waals surface area contributed by atoms with E-state index in [2.05, 4.69) is 4.98 Å². The van der Waals surface area contributed by atoms with E-state index < -0.39 is 5.95 Å². The smallest absolute Gasteiger partial charge is 0.226 e.